The molecular formula is C5H4N8O16. The molecule has 0 aromatic heterocycles. The molecule has 24 heteroatoms. The first-order chi connectivity index (χ1) is 13.0. The van der Waals surface area contributed by atoms with Crippen molar-refractivity contribution in [1.29, 1.82) is 0 Å². The normalized spacial score (nSPS) is 11.9. The van der Waals surface area contributed by atoms with E-state index in [1.165, 1.54) is 0 Å². The molecule has 0 atom stereocenters. The Morgan fingerprint density at radius 1 is 0.379 bits per heavy atom. The maximum absolute atomic E-state index is 11.2. The van der Waals surface area contributed by atoms with E-state index in [0.29, 0.717) is 0 Å². The maximum Gasteiger partial charge on any atom is 0.714 e. The Balaban J connectivity index is 7.21. The van der Waals surface area contributed by atoms with Gasteiger partial charge in [-0.1, -0.05) is 0 Å². The standard InChI is InChI=1S/C5H4N8O16/c14-6(15)3(7(16)17,1-4(8(18)19,9(20)21)10(22)23)2-5(11(24)25,12(26)27)13(28)29/h1-2H2. The van der Waals surface area contributed by atoms with Crippen molar-refractivity contribution >= 4 is 0 Å². The van der Waals surface area contributed by atoms with Crippen LogP contribution in [0.1, 0.15) is 12.8 Å². The average Bonchev–Trinajstić information content (AvgIpc) is 2.52. The van der Waals surface area contributed by atoms with Crippen LogP contribution >= 0.6 is 0 Å². The zero-order chi connectivity index (χ0) is 23.5. The second-order valence-electron chi connectivity index (χ2n) is 4.94. The predicted octanol–water partition coefficient (Wildman–Crippen LogP) is -2.02. The van der Waals surface area contributed by atoms with Crippen molar-refractivity contribution < 1.29 is 39.4 Å². The third-order valence-electron chi connectivity index (χ3n) is 3.47. The van der Waals surface area contributed by atoms with Gasteiger partial charge in [-0.15, -0.1) is 0 Å². The fourth-order valence-corrected chi connectivity index (χ4v) is 1.93. The summed E-state index contributed by atoms with van der Waals surface area (Å²) in [6.45, 7) is 0. The second-order valence-corrected chi connectivity index (χ2v) is 4.94. The lowest BCUT2D eigenvalue weighted by molar-refractivity contribution is -0.997. The molecular weight excluding hydrogens is 428 g/mol. The lowest BCUT2D eigenvalue weighted by Crippen LogP contribution is -2.66. The van der Waals surface area contributed by atoms with Crippen molar-refractivity contribution in [1.82, 2.24) is 0 Å². The lowest BCUT2D eigenvalue weighted by Gasteiger charge is -2.18. The SMILES string of the molecule is O=[N+]([O-])C(CC([N+](=O)[O-])([N+](=O)[O-])[N+](=O)[O-])(CC([N+](=O)[O-])([N+](=O)[O-])[N+](=O)[O-])[N+](=O)[O-]. The molecule has 0 aliphatic rings. The summed E-state index contributed by atoms with van der Waals surface area (Å²) in [5.41, 5.74) is -4.85. The monoisotopic (exact) mass is 432 g/mol. The van der Waals surface area contributed by atoms with E-state index in [-0.39, 0.29) is 0 Å². The molecule has 0 rings (SSSR count). The van der Waals surface area contributed by atoms with Crippen LogP contribution < -0.4 is 0 Å². The Morgan fingerprint density at radius 3 is 0.655 bits per heavy atom. The van der Waals surface area contributed by atoms with Gasteiger partial charge in [0.2, 0.25) is 0 Å². The molecule has 160 valence electrons. The van der Waals surface area contributed by atoms with Gasteiger partial charge in [0.25, 0.3) is 0 Å². The summed E-state index contributed by atoms with van der Waals surface area (Å²) in [6.07, 6.45) is -6.10. The largest absolute Gasteiger partial charge is 0.714 e. The van der Waals surface area contributed by atoms with Gasteiger partial charge in [0, 0.05) is 0 Å². The highest BCUT2D eigenvalue weighted by molar-refractivity contribution is 4.77. The van der Waals surface area contributed by atoms with Crippen molar-refractivity contribution in [3.05, 3.63) is 80.9 Å². The number of nitro groups is 8. The molecule has 0 saturated carbocycles. The number of nitrogens with zero attached hydrogens (tertiary/aromatic N) is 8. The molecule has 0 fully saturated rings. The van der Waals surface area contributed by atoms with E-state index in [1.807, 2.05) is 0 Å². The van der Waals surface area contributed by atoms with Gasteiger partial charge in [0.15, 0.2) is 29.5 Å². The molecule has 24 nitrogen and oxygen atoms in total. The van der Waals surface area contributed by atoms with Gasteiger partial charge in [-0.05, 0) is 0 Å². The van der Waals surface area contributed by atoms with Crippen LogP contribution in [0, 0.1) is 80.9 Å². The summed E-state index contributed by atoms with van der Waals surface area (Å²) in [5.74, 6) is -10.0. The van der Waals surface area contributed by atoms with E-state index >= 15 is 0 Å². The lowest BCUT2D eigenvalue weighted by atomic mass is 9.94. The minimum Gasteiger partial charge on any atom is -0.258 e. The topological polar surface area (TPSA) is 345 Å². The number of rotatable bonds is 12. The quantitative estimate of drug-likeness (QED) is 0.182. The first-order valence-electron chi connectivity index (χ1n) is 6.12. The molecule has 0 aliphatic carbocycles. The highest BCUT2D eigenvalue weighted by Crippen LogP contribution is 2.36. The Morgan fingerprint density at radius 2 is 0.552 bits per heavy atom. The fourth-order valence-electron chi connectivity index (χ4n) is 1.93. The van der Waals surface area contributed by atoms with Crippen LogP contribution in [0.25, 0.3) is 0 Å². The summed E-state index contributed by atoms with van der Waals surface area (Å²) in [7, 11) is 0. The van der Waals surface area contributed by atoms with Crippen molar-refractivity contribution in [3.63, 3.8) is 0 Å². The van der Waals surface area contributed by atoms with Gasteiger partial charge in [-0.2, -0.15) is 0 Å². The van der Waals surface area contributed by atoms with Crippen LogP contribution in [0.2, 0.25) is 0 Å². The molecule has 0 saturated heterocycles. The van der Waals surface area contributed by atoms with Crippen LogP contribution in [-0.4, -0.2) is 56.6 Å². The van der Waals surface area contributed by atoms with E-state index in [0.717, 1.165) is 0 Å². The second kappa shape index (κ2) is 7.44. The van der Waals surface area contributed by atoms with E-state index in [4.69, 9.17) is 0 Å². The Kier molecular flexibility index (Phi) is 6.21. The van der Waals surface area contributed by atoms with E-state index in [2.05, 4.69) is 0 Å². The van der Waals surface area contributed by atoms with E-state index in [9.17, 15) is 80.9 Å². The van der Waals surface area contributed by atoms with Crippen molar-refractivity contribution in [2.45, 2.75) is 30.1 Å². The van der Waals surface area contributed by atoms with Crippen LogP contribution in [0.5, 0.6) is 0 Å². The van der Waals surface area contributed by atoms with Crippen LogP contribution in [-0.2, 0) is 0 Å². The van der Waals surface area contributed by atoms with Gasteiger partial charge in [-0.3, -0.25) is 80.9 Å². The third-order valence-corrected chi connectivity index (χ3v) is 3.47. The van der Waals surface area contributed by atoms with Gasteiger partial charge >= 0.3 is 30.1 Å². The Bertz CT molecular complexity index is 691. The average molecular weight is 432 g/mol. The first kappa shape index (κ1) is 24.2. The van der Waals surface area contributed by atoms with E-state index < -0.39 is 69.5 Å². The van der Waals surface area contributed by atoms with Crippen LogP contribution in [0.15, 0.2) is 0 Å². The molecule has 0 aliphatic heterocycles. The summed E-state index contributed by atoms with van der Waals surface area (Å²) >= 11 is 0. The highest BCUT2D eigenvalue weighted by Gasteiger charge is 2.89. The molecule has 0 heterocycles. The van der Waals surface area contributed by atoms with Crippen LogP contribution in [0.3, 0.4) is 0 Å². The molecule has 0 aromatic rings. The molecule has 0 N–H and O–H groups in total. The molecule has 0 unspecified atom stereocenters. The van der Waals surface area contributed by atoms with Crippen molar-refractivity contribution in [3.8, 4) is 0 Å². The van der Waals surface area contributed by atoms with Crippen molar-refractivity contribution in [2.24, 2.45) is 0 Å². The first-order valence-corrected chi connectivity index (χ1v) is 6.12. The smallest absolute Gasteiger partial charge is 0.258 e. The fraction of sp³-hybridized carbons (Fsp3) is 1.00. The minimum absolute atomic E-state index is 2.40. The zero-order valence-electron chi connectivity index (χ0n) is 13.0. The zero-order valence-corrected chi connectivity index (χ0v) is 13.0. The van der Waals surface area contributed by atoms with Crippen molar-refractivity contribution in [2.75, 3.05) is 0 Å². The summed E-state index contributed by atoms with van der Waals surface area (Å²) in [4.78, 5) is 68.1. The number of hydrogen-bond acceptors (Lipinski definition) is 16. The molecule has 0 bridgehead atoms. The Labute approximate surface area is 151 Å². The third kappa shape index (κ3) is 3.42. The molecule has 0 aromatic carbocycles. The van der Waals surface area contributed by atoms with Gasteiger partial charge in [0.1, 0.15) is 9.85 Å². The van der Waals surface area contributed by atoms with Gasteiger partial charge < -0.3 is 0 Å². The van der Waals surface area contributed by atoms with E-state index in [1.54, 1.807) is 0 Å². The van der Waals surface area contributed by atoms with Gasteiger partial charge in [-0.25, -0.2) is 0 Å². The molecule has 0 radical (unpaired) electrons. The van der Waals surface area contributed by atoms with Crippen LogP contribution in [0.4, 0.5) is 0 Å². The number of hydrogen-bond donors (Lipinski definition) is 0. The Hall–Kier alpha value is -4.80. The van der Waals surface area contributed by atoms with Gasteiger partial charge in [0.05, 0.1) is 0 Å². The summed E-state index contributed by atoms with van der Waals surface area (Å²) in [5, 5.41) is 87.6. The molecule has 0 spiro atoms. The summed E-state index contributed by atoms with van der Waals surface area (Å²) < 4.78 is 0. The summed E-state index contributed by atoms with van der Waals surface area (Å²) in [6, 6.07) is 0. The molecule has 29 heavy (non-hydrogen) atoms. The maximum atomic E-state index is 11.2. The predicted molar refractivity (Wildman–Crippen MR) is 73.4 cm³/mol. The molecule has 0 amide bonds. The highest BCUT2D eigenvalue weighted by atomic mass is 16.8. The minimum atomic E-state index is -5.00.